The third kappa shape index (κ3) is 6.40. The molecule has 1 heterocycles. The maximum Gasteiger partial charge on any atom is 0.303 e. The van der Waals surface area contributed by atoms with Gasteiger partial charge in [-0.1, -0.05) is 43.3 Å². The standard InChI is InChI=1S/C31H34N2O5/c1-20-25(11-13-29(34)32-18-21-7-5-4-6-8-21)27-17-24(37-2)19-33-31(27)26(20)16-22-9-12-28(38-3)23(15-22)10-14-30(35)36/h4-9,12,15-17,19-20,25H,10-11,13-14,18H2,1-3H3,(H,32,34)(H,35,36)/b26-16-. The van der Waals surface area contributed by atoms with E-state index in [-0.39, 0.29) is 24.2 Å². The molecule has 1 aromatic heterocycles. The Hall–Kier alpha value is -4.13. The number of hydrogen-bond acceptors (Lipinski definition) is 5. The summed E-state index contributed by atoms with van der Waals surface area (Å²) in [5, 5.41) is 12.2. The van der Waals surface area contributed by atoms with E-state index in [0.717, 1.165) is 33.5 Å². The fourth-order valence-electron chi connectivity index (χ4n) is 5.08. The second kappa shape index (κ2) is 12.4. The summed E-state index contributed by atoms with van der Waals surface area (Å²) >= 11 is 0. The Balaban J connectivity index is 1.56. The van der Waals surface area contributed by atoms with Crippen molar-refractivity contribution >= 4 is 23.5 Å². The smallest absolute Gasteiger partial charge is 0.303 e. The molecule has 0 saturated carbocycles. The van der Waals surface area contributed by atoms with E-state index < -0.39 is 5.97 Å². The van der Waals surface area contributed by atoms with Gasteiger partial charge in [-0.2, -0.15) is 0 Å². The van der Waals surface area contributed by atoms with Crippen LogP contribution in [0.4, 0.5) is 0 Å². The number of nitrogens with zero attached hydrogens (tertiary/aromatic N) is 1. The number of carboxylic acids is 1. The maximum atomic E-state index is 12.7. The van der Waals surface area contributed by atoms with E-state index in [1.807, 2.05) is 54.6 Å². The lowest BCUT2D eigenvalue weighted by Gasteiger charge is -2.17. The third-order valence-corrected chi connectivity index (χ3v) is 7.14. The van der Waals surface area contributed by atoms with E-state index in [4.69, 9.17) is 19.6 Å². The van der Waals surface area contributed by atoms with Gasteiger partial charge in [-0.25, -0.2) is 0 Å². The molecule has 1 aliphatic rings. The van der Waals surface area contributed by atoms with Crippen LogP contribution in [0.25, 0.3) is 11.6 Å². The number of hydrogen-bond donors (Lipinski definition) is 2. The van der Waals surface area contributed by atoms with E-state index in [1.54, 1.807) is 20.4 Å². The van der Waals surface area contributed by atoms with E-state index in [2.05, 4.69) is 18.3 Å². The van der Waals surface area contributed by atoms with Crippen molar-refractivity contribution in [1.29, 1.82) is 0 Å². The zero-order valence-corrected chi connectivity index (χ0v) is 22.1. The highest BCUT2D eigenvalue weighted by Gasteiger charge is 2.35. The minimum Gasteiger partial charge on any atom is -0.496 e. The number of nitrogens with one attached hydrogen (secondary N) is 1. The number of carbonyl (C=O) groups excluding carboxylic acids is 1. The highest BCUT2D eigenvalue weighted by molar-refractivity contribution is 5.86. The molecule has 3 aromatic rings. The first-order valence-electron chi connectivity index (χ1n) is 12.8. The Kier molecular flexibility index (Phi) is 8.79. The van der Waals surface area contributed by atoms with E-state index in [9.17, 15) is 9.59 Å². The second-order valence-corrected chi connectivity index (χ2v) is 9.57. The lowest BCUT2D eigenvalue weighted by Crippen LogP contribution is -2.23. The molecule has 2 unspecified atom stereocenters. The number of rotatable bonds is 11. The molecule has 0 saturated heterocycles. The number of allylic oxidation sites excluding steroid dienone is 1. The van der Waals surface area contributed by atoms with Gasteiger partial charge in [-0.15, -0.1) is 0 Å². The predicted octanol–water partition coefficient (Wildman–Crippen LogP) is 5.49. The highest BCUT2D eigenvalue weighted by atomic mass is 16.5. The lowest BCUT2D eigenvalue weighted by atomic mass is 9.87. The van der Waals surface area contributed by atoms with Crippen molar-refractivity contribution in [2.24, 2.45) is 5.92 Å². The van der Waals surface area contributed by atoms with Crippen LogP contribution in [0.5, 0.6) is 11.5 Å². The molecule has 0 spiro atoms. The molecule has 0 bridgehead atoms. The van der Waals surface area contributed by atoms with Crippen molar-refractivity contribution in [1.82, 2.24) is 10.3 Å². The van der Waals surface area contributed by atoms with Gasteiger partial charge < -0.3 is 19.9 Å². The monoisotopic (exact) mass is 514 g/mol. The molecule has 2 aromatic carbocycles. The molecular weight excluding hydrogens is 480 g/mol. The number of aliphatic carboxylic acids is 1. The van der Waals surface area contributed by atoms with Crippen LogP contribution in [0, 0.1) is 5.92 Å². The van der Waals surface area contributed by atoms with Crippen molar-refractivity contribution < 1.29 is 24.2 Å². The second-order valence-electron chi connectivity index (χ2n) is 9.57. The van der Waals surface area contributed by atoms with Gasteiger partial charge in [0.2, 0.25) is 5.91 Å². The summed E-state index contributed by atoms with van der Waals surface area (Å²) in [6.07, 6.45) is 5.35. The van der Waals surface area contributed by atoms with Gasteiger partial charge in [0, 0.05) is 19.4 Å². The molecular formula is C31H34N2O5. The lowest BCUT2D eigenvalue weighted by molar-refractivity contribution is -0.137. The van der Waals surface area contributed by atoms with E-state index in [0.29, 0.717) is 37.3 Å². The summed E-state index contributed by atoms with van der Waals surface area (Å²) in [6.45, 7) is 2.68. The Labute approximate surface area is 223 Å². The Morgan fingerprint density at radius 1 is 1.05 bits per heavy atom. The Morgan fingerprint density at radius 3 is 2.55 bits per heavy atom. The summed E-state index contributed by atoms with van der Waals surface area (Å²) in [4.78, 5) is 28.5. The molecule has 7 heteroatoms. The molecule has 7 nitrogen and oxygen atoms in total. The molecule has 1 amide bonds. The van der Waals surface area contributed by atoms with Crippen LogP contribution in [-0.4, -0.2) is 36.2 Å². The van der Waals surface area contributed by atoms with Crippen LogP contribution in [0.3, 0.4) is 0 Å². The van der Waals surface area contributed by atoms with Gasteiger partial charge >= 0.3 is 5.97 Å². The number of pyridine rings is 1. The fourth-order valence-corrected chi connectivity index (χ4v) is 5.08. The molecule has 1 aliphatic carbocycles. The zero-order valence-electron chi connectivity index (χ0n) is 22.1. The fraction of sp³-hybridized carbons (Fsp3) is 0.323. The first kappa shape index (κ1) is 26.9. The molecule has 0 fully saturated rings. The number of aromatic nitrogens is 1. The summed E-state index contributed by atoms with van der Waals surface area (Å²) in [7, 11) is 3.21. The van der Waals surface area contributed by atoms with Gasteiger partial charge in [0.1, 0.15) is 11.5 Å². The average molecular weight is 515 g/mol. The van der Waals surface area contributed by atoms with Crippen molar-refractivity contribution in [3.05, 3.63) is 88.7 Å². The highest BCUT2D eigenvalue weighted by Crippen LogP contribution is 2.48. The Bertz CT molecular complexity index is 1320. The number of carboxylic acid groups (broad SMARTS) is 1. The first-order valence-corrected chi connectivity index (χ1v) is 12.8. The van der Waals surface area contributed by atoms with Gasteiger partial charge in [-0.3, -0.25) is 14.6 Å². The number of benzene rings is 2. The predicted molar refractivity (Wildman–Crippen MR) is 147 cm³/mol. The summed E-state index contributed by atoms with van der Waals surface area (Å²) < 4.78 is 10.9. The SMILES string of the molecule is COc1cnc2c(c1)C(CCC(=O)NCc1ccccc1)C(C)/C2=C/c1ccc(OC)c(CCC(=O)O)c1. The third-order valence-electron chi connectivity index (χ3n) is 7.14. The number of amides is 1. The number of ether oxygens (including phenoxy) is 2. The zero-order chi connectivity index (χ0) is 27.1. The molecule has 4 rings (SSSR count). The van der Waals surface area contributed by atoms with Gasteiger partial charge in [-0.05, 0) is 76.8 Å². The van der Waals surface area contributed by atoms with Crippen LogP contribution in [0.2, 0.25) is 0 Å². The molecule has 2 atom stereocenters. The summed E-state index contributed by atoms with van der Waals surface area (Å²) in [6, 6.07) is 17.7. The topological polar surface area (TPSA) is 97.8 Å². The van der Waals surface area contributed by atoms with Crippen molar-refractivity contribution in [3.63, 3.8) is 0 Å². The molecule has 0 radical (unpaired) electrons. The first-order chi connectivity index (χ1) is 18.4. The summed E-state index contributed by atoms with van der Waals surface area (Å²) in [5.41, 5.74) is 5.96. The summed E-state index contributed by atoms with van der Waals surface area (Å²) in [5.74, 6) is 0.797. The maximum absolute atomic E-state index is 12.7. The minimum atomic E-state index is -0.844. The van der Waals surface area contributed by atoms with Gasteiger partial charge in [0.05, 0.1) is 26.1 Å². The quantitative estimate of drug-likeness (QED) is 0.351. The Morgan fingerprint density at radius 2 is 1.84 bits per heavy atom. The number of aryl methyl sites for hydroxylation is 1. The van der Waals surface area contributed by atoms with Crippen molar-refractivity contribution in [2.45, 2.75) is 45.1 Å². The van der Waals surface area contributed by atoms with Crippen LogP contribution in [-0.2, 0) is 22.6 Å². The molecule has 38 heavy (non-hydrogen) atoms. The average Bonchev–Trinajstić information content (AvgIpc) is 3.19. The largest absolute Gasteiger partial charge is 0.496 e. The number of methoxy groups -OCH3 is 2. The normalized spacial score (nSPS) is 17.2. The number of fused-ring (bicyclic) bond motifs is 1. The van der Waals surface area contributed by atoms with Crippen LogP contribution in [0.15, 0.2) is 60.8 Å². The minimum absolute atomic E-state index is 0.0223. The van der Waals surface area contributed by atoms with E-state index >= 15 is 0 Å². The molecule has 198 valence electrons. The van der Waals surface area contributed by atoms with Gasteiger partial charge in [0.25, 0.3) is 0 Å². The van der Waals surface area contributed by atoms with Crippen molar-refractivity contribution in [2.75, 3.05) is 14.2 Å². The molecule has 0 aliphatic heterocycles. The van der Waals surface area contributed by atoms with Crippen molar-refractivity contribution in [3.8, 4) is 11.5 Å². The van der Waals surface area contributed by atoms with Crippen LogP contribution < -0.4 is 14.8 Å². The van der Waals surface area contributed by atoms with Gasteiger partial charge in [0.15, 0.2) is 0 Å². The number of carbonyl (C=O) groups is 2. The van der Waals surface area contributed by atoms with E-state index in [1.165, 1.54) is 0 Å². The van der Waals surface area contributed by atoms with Crippen LogP contribution in [0.1, 0.15) is 60.1 Å². The molecule has 2 N–H and O–H groups in total. The van der Waals surface area contributed by atoms with Crippen LogP contribution >= 0.6 is 0 Å².